The second kappa shape index (κ2) is 7.08. The second-order valence-corrected chi connectivity index (χ2v) is 4.44. The van der Waals surface area contributed by atoms with E-state index in [9.17, 15) is 8.78 Å². The number of halogens is 2. The van der Waals surface area contributed by atoms with Crippen LogP contribution in [0.15, 0.2) is 34.7 Å². The Morgan fingerprint density at radius 3 is 2.62 bits per heavy atom. The SMILES string of the molecule is COc1cccc(CNCc2ccc(C)o2)c1OC(F)F. The van der Waals surface area contributed by atoms with Gasteiger partial charge in [-0.25, -0.2) is 0 Å². The molecule has 0 aliphatic rings. The highest BCUT2D eigenvalue weighted by atomic mass is 19.3. The first kappa shape index (κ1) is 15.3. The molecule has 0 saturated heterocycles. The highest BCUT2D eigenvalue weighted by molar-refractivity contribution is 5.46. The molecule has 21 heavy (non-hydrogen) atoms. The number of hydrogen-bond acceptors (Lipinski definition) is 4. The maximum absolute atomic E-state index is 12.5. The third kappa shape index (κ3) is 4.19. The predicted molar refractivity (Wildman–Crippen MR) is 73.6 cm³/mol. The Balaban J connectivity index is 2.04. The molecule has 0 spiro atoms. The van der Waals surface area contributed by atoms with E-state index in [0.717, 1.165) is 11.5 Å². The van der Waals surface area contributed by atoms with Gasteiger partial charge in [0, 0.05) is 12.1 Å². The lowest BCUT2D eigenvalue weighted by atomic mass is 10.2. The van der Waals surface area contributed by atoms with Gasteiger partial charge in [-0.1, -0.05) is 12.1 Å². The molecule has 1 aromatic carbocycles. The fourth-order valence-corrected chi connectivity index (χ4v) is 1.98. The Bertz CT molecular complexity index is 584. The third-order valence-electron chi connectivity index (χ3n) is 2.90. The number of para-hydroxylation sites is 1. The minimum atomic E-state index is -2.90. The Labute approximate surface area is 121 Å². The lowest BCUT2D eigenvalue weighted by Crippen LogP contribution is -2.14. The minimum Gasteiger partial charge on any atom is -0.493 e. The molecule has 6 heteroatoms. The highest BCUT2D eigenvalue weighted by Crippen LogP contribution is 2.32. The van der Waals surface area contributed by atoms with Crippen LogP contribution in [0.3, 0.4) is 0 Å². The summed E-state index contributed by atoms with van der Waals surface area (Å²) in [6, 6.07) is 8.75. The topological polar surface area (TPSA) is 43.6 Å². The van der Waals surface area contributed by atoms with Gasteiger partial charge in [0.05, 0.1) is 13.7 Å². The number of benzene rings is 1. The average molecular weight is 297 g/mol. The van der Waals surface area contributed by atoms with Crippen molar-refractivity contribution in [3.05, 3.63) is 47.4 Å². The van der Waals surface area contributed by atoms with Crippen LogP contribution >= 0.6 is 0 Å². The molecule has 0 aliphatic carbocycles. The van der Waals surface area contributed by atoms with E-state index in [0.29, 0.717) is 18.7 Å². The van der Waals surface area contributed by atoms with E-state index in [2.05, 4.69) is 10.1 Å². The van der Waals surface area contributed by atoms with E-state index >= 15 is 0 Å². The van der Waals surface area contributed by atoms with E-state index in [-0.39, 0.29) is 11.5 Å². The van der Waals surface area contributed by atoms with Crippen molar-refractivity contribution in [3.8, 4) is 11.5 Å². The Morgan fingerprint density at radius 2 is 2.00 bits per heavy atom. The van der Waals surface area contributed by atoms with Gasteiger partial charge in [-0.2, -0.15) is 8.78 Å². The second-order valence-electron chi connectivity index (χ2n) is 4.44. The van der Waals surface area contributed by atoms with Crippen LogP contribution in [0.5, 0.6) is 11.5 Å². The molecule has 1 N–H and O–H groups in total. The number of ether oxygens (including phenoxy) is 2. The largest absolute Gasteiger partial charge is 0.493 e. The van der Waals surface area contributed by atoms with Crippen molar-refractivity contribution in [1.29, 1.82) is 0 Å². The van der Waals surface area contributed by atoms with Gasteiger partial charge in [-0.05, 0) is 25.1 Å². The first-order chi connectivity index (χ1) is 10.1. The molecular formula is C15H17F2NO3. The lowest BCUT2D eigenvalue weighted by molar-refractivity contribution is -0.0518. The smallest absolute Gasteiger partial charge is 0.387 e. The summed E-state index contributed by atoms with van der Waals surface area (Å²) >= 11 is 0. The number of methoxy groups -OCH3 is 1. The first-order valence-electron chi connectivity index (χ1n) is 6.47. The van der Waals surface area contributed by atoms with Crippen molar-refractivity contribution in [3.63, 3.8) is 0 Å². The molecule has 0 atom stereocenters. The van der Waals surface area contributed by atoms with E-state index in [1.165, 1.54) is 7.11 Å². The summed E-state index contributed by atoms with van der Waals surface area (Å²) in [5, 5.41) is 3.12. The summed E-state index contributed by atoms with van der Waals surface area (Å²) in [4.78, 5) is 0. The lowest BCUT2D eigenvalue weighted by Gasteiger charge is -2.14. The molecule has 114 valence electrons. The molecule has 1 heterocycles. The summed E-state index contributed by atoms with van der Waals surface area (Å²) in [7, 11) is 1.41. The minimum absolute atomic E-state index is 0.0538. The van der Waals surface area contributed by atoms with Gasteiger partial charge in [0.25, 0.3) is 0 Å². The number of hydrogen-bond donors (Lipinski definition) is 1. The van der Waals surface area contributed by atoms with Crippen LogP contribution in [0.1, 0.15) is 17.1 Å². The molecule has 0 amide bonds. The van der Waals surface area contributed by atoms with Gasteiger partial charge in [0.2, 0.25) is 0 Å². The van der Waals surface area contributed by atoms with Crippen LogP contribution in [-0.4, -0.2) is 13.7 Å². The Morgan fingerprint density at radius 1 is 1.19 bits per heavy atom. The zero-order valence-electron chi connectivity index (χ0n) is 11.9. The van der Waals surface area contributed by atoms with E-state index in [1.807, 2.05) is 19.1 Å². The van der Waals surface area contributed by atoms with Crippen molar-refractivity contribution in [2.45, 2.75) is 26.6 Å². The van der Waals surface area contributed by atoms with Crippen LogP contribution in [0.4, 0.5) is 8.78 Å². The average Bonchev–Trinajstić information content (AvgIpc) is 2.85. The monoisotopic (exact) mass is 297 g/mol. The van der Waals surface area contributed by atoms with Gasteiger partial charge < -0.3 is 19.2 Å². The number of aryl methyl sites for hydroxylation is 1. The van der Waals surface area contributed by atoms with Crippen LogP contribution in [0, 0.1) is 6.92 Å². The molecule has 0 saturated carbocycles. The van der Waals surface area contributed by atoms with Crippen LogP contribution < -0.4 is 14.8 Å². The van der Waals surface area contributed by atoms with E-state index < -0.39 is 6.61 Å². The fraction of sp³-hybridized carbons (Fsp3) is 0.333. The summed E-state index contributed by atoms with van der Waals surface area (Å²) in [6.07, 6.45) is 0. The van der Waals surface area contributed by atoms with Crippen molar-refractivity contribution in [1.82, 2.24) is 5.32 Å². The number of furan rings is 1. The quantitative estimate of drug-likeness (QED) is 0.849. The van der Waals surface area contributed by atoms with Crippen molar-refractivity contribution >= 4 is 0 Å². The van der Waals surface area contributed by atoms with Crippen molar-refractivity contribution in [2.75, 3.05) is 7.11 Å². The van der Waals surface area contributed by atoms with Crippen molar-refractivity contribution < 1.29 is 22.7 Å². The third-order valence-corrected chi connectivity index (χ3v) is 2.90. The first-order valence-corrected chi connectivity index (χ1v) is 6.47. The molecule has 0 radical (unpaired) electrons. The van der Waals surface area contributed by atoms with Gasteiger partial charge in [-0.15, -0.1) is 0 Å². The molecule has 0 aliphatic heterocycles. The van der Waals surface area contributed by atoms with Gasteiger partial charge in [0.15, 0.2) is 11.5 Å². The Hall–Kier alpha value is -2.08. The maximum Gasteiger partial charge on any atom is 0.387 e. The number of rotatable bonds is 7. The van der Waals surface area contributed by atoms with Crippen LogP contribution in [-0.2, 0) is 13.1 Å². The molecule has 0 bridgehead atoms. The highest BCUT2D eigenvalue weighted by Gasteiger charge is 2.15. The van der Waals surface area contributed by atoms with Crippen LogP contribution in [0.25, 0.3) is 0 Å². The molecular weight excluding hydrogens is 280 g/mol. The molecule has 1 aromatic heterocycles. The molecule has 2 aromatic rings. The zero-order chi connectivity index (χ0) is 15.2. The summed E-state index contributed by atoms with van der Waals surface area (Å²) < 4.78 is 40.0. The summed E-state index contributed by atoms with van der Waals surface area (Å²) in [5.41, 5.74) is 0.595. The summed E-state index contributed by atoms with van der Waals surface area (Å²) in [5.74, 6) is 1.95. The van der Waals surface area contributed by atoms with E-state index in [4.69, 9.17) is 9.15 Å². The number of nitrogens with one attached hydrogen (secondary N) is 1. The predicted octanol–water partition coefficient (Wildman–Crippen LogP) is 3.49. The Kier molecular flexibility index (Phi) is 5.16. The summed E-state index contributed by atoms with van der Waals surface area (Å²) in [6.45, 7) is -0.175. The van der Waals surface area contributed by atoms with E-state index in [1.54, 1.807) is 18.2 Å². The van der Waals surface area contributed by atoms with Gasteiger partial charge in [0.1, 0.15) is 11.5 Å². The standard InChI is InChI=1S/C15H17F2NO3/c1-10-6-7-12(20-10)9-18-8-11-4-3-5-13(19-2)14(11)21-15(16)17/h3-7,15,18H,8-9H2,1-2H3. The fourth-order valence-electron chi connectivity index (χ4n) is 1.98. The van der Waals surface area contributed by atoms with Crippen molar-refractivity contribution in [2.24, 2.45) is 0 Å². The van der Waals surface area contributed by atoms with Crippen LogP contribution in [0.2, 0.25) is 0 Å². The zero-order valence-corrected chi connectivity index (χ0v) is 11.9. The normalized spacial score (nSPS) is 10.9. The molecule has 0 fully saturated rings. The molecule has 2 rings (SSSR count). The molecule has 4 nitrogen and oxygen atoms in total. The maximum atomic E-state index is 12.5. The van der Waals surface area contributed by atoms with Gasteiger partial charge in [-0.3, -0.25) is 0 Å². The number of alkyl halides is 2. The van der Waals surface area contributed by atoms with Gasteiger partial charge >= 0.3 is 6.61 Å². The molecule has 0 unspecified atom stereocenters.